The molecule has 5 N–H and O–H groups in total. The topological polar surface area (TPSA) is 97.8 Å². The van der Waals surface area contributed by atoms with Gasteiger partial charge >= 0.3 is 0 Å². The number of hydrogen-bond acceptors (Lipinski definition) is 4. The molecule has 0 aliphatic carbocycles. The average Bonchev–Trinajstić information content (AvgIpc) is 2.68. The van der Waals surface area contributed by atoms with E-state index in [0.717, 1.165) is 16.2 Å². The van der Waals surface area contributed by atoms with Crippen LogP contribution < -0.4 is 11.5 Å². The maximum Gasteiger partial charge on any atom is 0.235 e. The van der Waals surface area contributed by atoms with Crippen molar-refractivity contribution in [2.75, 3.05) is 5.75 Å². The van der Waals surface area contributed by atoms with Gasteiger partial charge in [-0.1, -0.05) is 23.9 Å². The lowest BCUT2D eigenvalue weighted by Crippen LogP contribution is -2.38. The minimum absolute atomic E-state index is 0.426. The summed E-state index contributed by atoms with van der Waals surface area (Å²) in [4.78, 5) is 18.2. The van der Waals surface area contributed by atoms with Crippen LogP contribution in [0.1, 0.15) is 0 Å². The normalized spacial score (nSPS) is 12.8. The second-order valence-electron chi connectivity index (χ2n) is 3.38. The number of nitrogens with zero attached hydrogens (tertiary/aromatic N) is 1. The van der Waals surface area contributed by atoms with Crippen LogP contribution in [0, 0.1) is 0 Å². The number of aromatic nitrogens is 2. The van der Waals surface area contributed by atoms with Gasteiger partial charge in [0, 0.05) is 5.75 Å². The van der Waals surface area contributed by atoms with Crippen LogP contribution in [-0.2, 0) is 4.79 Å². The lowest BCUT2D eigenvalue weighted by molar-refractivity contribution is -0.118. The summed E-state index contributed by atoms with van der Waals surface area (Å²) in [5, 5.41) is 0.748. The number of aromatic amines is 1. The van der Waals surface area contributed by atoms with Gasteiger partial charge in [0.1, 0.15) is 0 Å². The number of carbonyl (C=O) groups is 1. The standard InChI is InChI=1S/C10H12N4OS/c11-6(9(12)15)5-16-10-13-7-3-1-2-4-8(7)14-10/h1-4,6H,5,11H2,(H2,12,15)(H,13,14). The van der Waals surface area contributed by atoms with E-state index in [-0.39, 0.29) is 0 Å². The smallest absolute Gasteiger partial charge is 0.235 e. The van der Waals surface area contributed by atoms with Gasteiger partial charge in [-0.2, -0.15) is 0 Å². The summed E-state index contributed by atoms with van der Waals surface area (Å²) in [6.45, 7) is 0. The number of benzene rings is 1. The quantitative estimate of drug-likeness (QED) is 0.672. The van der Waals surface area contributed by atoms with Crippen molar-refractivity contribution >= 4 is 28.7 Å². The first-order chi connectivity index (χ1) is 7.66. The summed E-state index contributed by atoms with van der Waals surface area (Å²) >= 11 is 1.39. The third-order valence-corrected chi connectivity index (χ3v) is 3.13. The monoisotopic (exact) mass is 236 g/mol. The Hall–Kier alpha value is -1.53. The van der Waals surface area contributed by atoms with Crippen molar-refractivity contribution in [3.05, 3.63) is 24.3 Å². The number of amides is 1. The predicted molar refractivity (Wildman–Crippen MR) is 64.0 cm³/mol. The van der Waals surface area contributed by atoms with Crippen LogP contribution in [0.25, 0.3) is 11.0 Å². The number of imidazole rings is 1. The van der Waals surface area contributed by atoms with Gasteiger partial charge in [-0.15, -0.1) is 0 Å². The second-order valence-corrected chi connectivity index (χ2v) is 4.39. The fourth-order valence-electron chi connectivity index (χ4n) is 1.25. The first kappa shape index (κ1) is 11.0. The molecular weight excluding hydrogens is 224 g/mol. The Bertz CT molecular complexity index is 477. The Balaban J connectivity index is 2.07. The molecule has 0 saturated carbocycles. The minimum atomic E-state index is -0.641. The third-order valence-electron chi connectivity index (χ3n) is 2.13. The highest BCUT2D eigenvalue weighted by atomic mass is 32.2. The summed E-state index contributed by atoms with van der Waals surface area (Å²) < 4.78 is 0. The van der Waals surface area contributed by atoms with E-state index >= 15 is 0 Å². The zero-order valence-corrected chi connectivity index (χ0v) is 9.33. The highest BCUT2D eigenvalue weighted by molar-refractivity contribution is 7.99. The molecule has 6 heteroatoms. The van der Waals surface area contributed by atoms with Crippen molar-refractivity contribution in [3.63, 3.8) is 0 Å². The highest BCUT2D eigenvalue weighted by Crippen LogP contribution is 2.19. The molecule has 5 nitrogen and oxygen atoms in total. The number of H-pyrrole nitrogens is 1. The molecule has 1 unspecified atom stereocenters. The zero-order valence-electron chi connectivity index (χ0n) is 8.51. The number of nitrogens with two attached hydrogens (primary N) is 2. The van der Waals surface area contributed by atoms with Gasteiger partial charge in [0.05, 0.1) is 17.1 Å². The third kappa shape index (κ3) is 2.34. The van der Waals surface area contributed by atoms with Gasteiger partial charge in [-0.3, -0.25) is 4.79 Å². The SMILES string of the molecule is NC(=O)C(N)CSc1nc2ccccc2[nH]1. The van der Waals surface area contributed by atoms with Crippen LogP contribution in [0.3, 0.4) is 0 Å². The molecule has 1 atom stereocenters. The first-order valence-corrected chi connectivity index (χ1v) is 5.78. The second kappa shape index (κ2) is 4.54. The summed E-state index contributed by atoms with van der Waals surface area (Å²) in [6, 6.07) is 7.08. The highest BCUT2D eigenvalue weighted by Gasteiger charge is 2.11. The van der Waals surface area contributed by atoms with Crippen LogP contribution >= 0.6 is 11.8 Å². The number of primary amides is 1. The number of rotatable bonds is 4. The number of hydrogen-bond donors (Lipinski definition) is 3. The molecule has 16 heavy (non-hydrogen) atoms. The molecule has 1 heterocycles. The molecule has 84 valence electrons. The summed E-state index contributed by atoms with van der Waals surface area (Å²) in [5.74, 6) is -0.0709. The lowest BCUT2D eigenvalue weighted by atomic mass is 10.3. The number of thioether (sulfide) groups is 1. The fourth-order valence-corrected chi connectivity index (χ4v) is 2.10. The largest absolute Gasteiger partial charge is 0.368 e. The lowest BCUT2D eigenvalue weighted by Gasteiger charge is -2.03. The van der Waals surface area contributed by atoms with E-state index in [9.17, 15) is 4.79 Å². The summed E-state index contributed by atoms with van der Waals surface area (Å²) in [6.07, 6.45) is 0. The molecule has 1 aromatic carbocycles. The molecule has 1 aromatic heterocycles. The number of fused-ring (bicyclic) bond motifs is 1. The van der Waals surface area contributed by atoms with E-state index in [1.165, 1.54) is 11.8 Å². The number of para-hydroxylation sites is 2. The zero-order chi connectivity index (χ0) is 11.5. The molecule has 0 saturated heterocycles. The van der Waals surface area contributed by atoms with Crippen LogP contribution in [0.2, 0.25) is 0 Å². The number of carbonyl (C=O) groups excluding carboxylic acids is 1. The Morgan fingerprint density at radius 1 is 1.50 bits per heavy atom. The predicted octanol–water partition coefficient (Wildman–Crippen LogP) is 0.468. The first-order valence-electron chi connectivity index (χ1n) is 4.79. The van der Waals surface area contributed by atoms with Gasteiger partial charge in [-0.05, 0) is 12.1 Å². The fraction of sp³-hybridized carbons (Fsp3) is 0.200. The molecule has 0 aliphatic rings. The van der Waals surface area contributed by atoms with Gasteiger partial charge < -0.3 is 16.5 Å². The molecular formula is C10H12N4OS. The molecule has 0 fully saturated rings. The van der Waals surface area contributed by atoms with Crippen LogP contribution in [-0.4, -0.2) is 27.7 Å². The van der Waals surface area contributed by atoms with E-state index in [1.54, 1.807) is 0 Å². The van der Waals surface area contributed by atoms with Crippen molar-refractivity contribution in [2.24, 2.45) is 11.5 Å². The van der Waals surface area contributed by atoms with Gasteiger partial charge in [-0.25, -0.2) is 4.98 Å². The Morgan fingerprint density at radius 2 is 2.25 bits per heavy atom. The molecule has 2 rings (SSSR count). The van der Waals surface area contributed by atoms with Crippen molar-refractivity contribution in [3.8, 4) is 0 Å². The van der Waals surface area contributed by atoms with E-state index in [1.807, 2.05) is 24.3 Å². The van der Waals surface area contributed by atoms with Gasteiger partial charge in [0.15, 0.2) is 5.16 Å². The van der Waals surface area contributed by atoms with Crippen LogP contribution in [0.4, 0.5) is 0 Å². The maximum atomic E-state index is 10.7. The van der Waals surface area contributed by atoms with Gasteiger partial charge in [0.25, 0.3) is 0 Å². The molecule has 0 spiro atoms. The molecule has 0 radical (unpaired) electrons. The Kier molecular flexibility index (Phi) is 3.12. The van der Waals surface area contributed by atoms with Crippen molar-refractivity contribution < 1.29 is 4.79 Å². The minimum Gasteiger partial charge on any atom is -0.368 e. The van der Waals surface area contributed by atoms with Crippen LogP contribution in [0.5, 0.6) is 0 Å². The van der Waals surface area contributed by atoms with Crippen molar-refractivity contribution in [2.45, 2.75) is 11.2 Å². The summed E-state index contributed by atoms with van der Waals surface area (Å²) in [7, 11) is 0. The van der Waals surface area contributed by atoms with Gasteiger partial charge in [0.2, 0.25) is 5.91 Å². The summed E-state index contributed by atoms with van der Waals surface area (Å²) in [5.41, 5.74) is 12.5. The van der Waals surface area contributed by atoms with E-state index in [2.05, 4.69) is 9.97 Å². The van der Waals surface area contributed by atoms with E-state index in [4.69, 9.17) is 11.5 Å². The average molecular weight is 236 g/mol. The van der Waals surface area contributed by atoms with E-state index in [0.29, 0.717) is 5.75 Å². The van der Waals surface area contributed by atoms with Crippen molar-refractivity contribution in [1.29, 1.82) is 0 Å². The molecule has 2 aromatic rings. The molecule has 1 amide bonds. The maximum absolute atomic E-state index is 10.7. The Labute approximate surface area is 96.6 Å². The van der Waals surface area contributed by atoms with Crippen LogP contribution in [0.15, 0.2) is 29.4 Å². The molecule has 0 bridgehead atoms. The Morgan fingerprint density at radius 3 is 2.94 bits per heavy atom. The van der Waals surface area contributed by atoms with E-state index < -0.39 is 11.9 Å². The molecule has 0 aliphatic heterocycles. The number of nitrogens with one attached hydrogen (secondary N) is 1. The van der Waals surface area contributed by atoms with Crippen molar-refractivity contribution in [1.82, 2.24) is 9.97 Å².